The Morgan fingerprint density at radius 1 is 0.879 bits per heavy atom. The number of aryl methyl sites for hydroxylation is 2. The first-order chi connectivity index (χ1) is 16.1. The highest BCUT2D eigenvalue weighted by atomic mass is 16.5. The molecular weight excluding hydrogens is 418 g/mol. The van der Waals surface area contributed by atoms with Gasteiger partial charge in [0.25, 0.3) is 5.91 Å². The summed E-state index contributed by atoms with van der Waals surface area (Å²) in [5, 5.41) is 16.2. The number of anilines is 2. The van der Waals surface area contributed by atoms with Crippen LogP contribution in [-0.4, -0.2) is 83.7 Å². The summed E-state index contributed by atoms with van der Waals surface area (Å²) in [5.41, 5.74) is 4.72. The molecule has 0 aliphatic carbocycles. The number of carbonyl (C=O) groups excluding carboxylic acids is 1. The molecule has 2 aliphatic heterocycles. The first kappa shape index (κ1) is 21.4. The van der Waals surface area contributed by atoms with Crippen molar-refractivity contribution in [1.82, 2.24) is 25.3 Å². The number of carbonyl (C=O) groups is 1. The van der Waals surface area contributed by atoms with E-state index in [9.17, 15) is 4.79 Å². The second-order valence-corrected chi connectivity index (χ2v) is 8.61. The number of aromatic amines is 1. The molecule has 4 heterocycles. The van der Waals surface area contributed by atoms with Gasteiger partial charge in [-0.1, -0.05) is 23.8 Å². The van der Waals surface area contributed by atoms with Crippen LogP contribution in [0.25, 0.3) is 11.3 Å². The van der Waals surface area contributed by atoms with Crippen molar-refractivity contribution >= 4 is 17.5 Å². The molecule has 2 aromatic heterocycles. The molecule has 0 atom stereocenters. The molecular formula is C24H29N7O2. The second kappa shape index (κ2) is 9.19. The Kier molecular flexibility index (Phi) is 5.95. The van der Waals surface area contributed by atoms with Crippen molar-refractivity contribution < 1.29 is 9.53 Å². The lowest BCUT2D eigenvalue weighted by molar-refractivity contribution is 0.0740. The lowest BCUT2D eigenvalue weighted by Crippen LogP contribution is -2.49. The van der Waals surface area contributed by atoms with Crippen molar-refractivity contribution in [2.24, 2.45) is 0 Å². The van der Waals surface area contributed by atoms with Crippen LogP contribution in [0.3, 0.4) is 0 Å². The molecule has 9 nitrogen and oxygen atoms in total. The van der Waals surface area contributed by atoms with E-state index in [2.05, 4.69) is 62.2 Å². The number of rotatable bonds is 4. The van der Waals surface area contributed by atoms with E-state index >= 15 is 0 Å². The van der Waals surface area contributed by atoms with Gasteiger partial charge in [-0.3, -0.25) is 9.89 Å². The summed E-state index contributed by atoms with van der Waals surface area (Å²) in [6.07, 6.45) is 0. The van der Waals surface area contributed by atoms with E-state index in [0.717, 1.165) is 67.8 Å². The van der Waals surface area contributed by atoms with Crippen LogP contribution >= 0.6 is 0 Å². The number of H-pyrrole nitrogens is 1. The number of nitrogens with one attached hydrogen (secondary N) is 1. The predicted octanol–water partition coefficient (Wildman–Crippen LogP) is 2.28. The van der Waals surface area contributed by atoms with Gasteiger partial charge in [-0.15, -0.1) is 10.2 Å². The minimum absolute atomic E-state index is 0.0214. The Bertz CT molecular complexity index is 1110. The summed E-state index contributed by atoms with van der Waals surface area (Å²) in [5.74, 6) is 1.71. The maximum absolute atomic E-state index is 13.0. The van der Waals surface area contributed by atoms with E-state index in [-0.39, 0.29) is 5.91 Å². The molecule has 1 aromatic carbocycles. The van der Waals surface area contributed by atoms with Crippen molar-refractivity contribution in [2.75, 3.05) is 62.3 Å². The molecule has 2 fully saturated rings. The smallest absolute Gasteiger partial charge is 0.272 e. The van der Waals surface area contributed by atoms with Crippen LogP contribution in [0.1, 0.15) is 21.6 Å². The zero-order valence-electron chi connectivity index (χ0n) is 19.1. The number of nitrogens with zero attached hydrogens (tertiary/aromatic N) is 6. The van der Waals surface area contributed by atoms with Crippen molar-refractivity contribution in [3.05, 3.63) is 53.2 Å². The third-order valence-electron chi connectivity index (χ3n) is 6.33. The summed E-state index contributed by atoms with van der Waals surface area (Å²) in [6, 6.07) is 12.1. The molecule has 0 saturated carbocycles. The van der Waals surface area contributed by atoms with Crippen molar-refractivity contribution in [2.45, 2.75) is 13.8 Å². The third kappa shape index (κ3) is 4.54. The molecule has 0 bridgehead atoms. The lowest BCUT2D eigenvalue weighted by atomic mass is 10.0. The second-order valence-electron chi connectivity index (χ2n) is 8.61. The van der Waals surface area contributed by atoms with Gasteiger partial charge in [0.1, 0.15) is 5.69 Å². The quantitative estimate of drug-likeness (QED) is 0.656. The van der Waals surface area contributed by atoms with Crippen LogP contribution in [0.4, 0.5) is 11.6 Å². The van der Waals surface area contributed by atoms with E-state index < -0.39 is 0 Å². The number of ether oxygens (including phenoxy) is 1. The number of amides is 1. The van der Waals surface area contributed by atoms with E-state index in [4.69, 9.17) is 4.74 Å². The topological polar surface area (TPSA) is 90.5 Å². The maximum atomic E-state index is 13.0. The molecule has 172 valence electrons. The predicted molar refractivity (Wildman–Crippen MR) is 127 cm³/mol. The largest absolute Gasteiger partial charge is 0.378 e. The number of piperazine rings is 1. The molecule has 0 radical (unpaired) electrons. The number of aromatic nitrogens is 4. The average molecular weight is 448 g/mol. The molecule has 33 heavy (non-hydrogen) atoms. The first-order valence-electron chi connectivity index (χ1n) is 11.4. The number of hydrogen-bond acceptors (Lipinski definition) is 7. The molecule has 2 aliphatic rings. The average Bonchev–Trinajstić information content (AvgIpc) is 3.34. The molecule has 0 unspecified atom stereocenters. The monoisotopic (exact) mass is 447 g/mol. The van der Waals surface area contributed by atoms with Gasteiger partial charge in [-0.25, -0.2) is 0 Å². The first-order valence-corrected chi connectivity index (χ1v) is 11.4. The van der Waals surface area contributed by atoms with E-state index in [1.54, 1.807) is 0 Å². The van der Waals surface area contributed by atoms with Gasteiger partial charge in [0, 0.05) is 44.8 Å². The summed E-state index contributed by atoms with van der Waals surface area (Å²) in [6.45, 7) is 9.96. The Morgan fingerprint density at radius 2 is 1.55 bits per heavy atom. The molecule has 2 saturated heterocycles. The molecule has 5 rings (SSSR count). The SMILES string of the molecule is Cc1ccc(-c2cc(C(=O)N3CCN(c4ccc(N5CCOCC5)nn4)CC3)[nH]n2)c(C)c1. The van der Waals surface area contributed by atoms with Crippen LogP contribution in [0.2, 0.25) is 0 Å². The third-order valence-corrected chi connectivity index (χ3v) is 6.33. The maximum Gasteiger partial charge on any atom is 0.272 e. The summed E-state index contributed by atoms with van der Waals surface area (Å²) in [4.78, 5) is 19.3. The fourth-order valence-electron chi connectivity index (χ4n) is 4.43. The molecule has 1 N–H and O–H groups in total. The van der Waals surface area contributed by atoms with Crippen molar-refractivity contribution in [1.29, 1.82) is 0 Å². The van der Waals surface area contributed by atoms with Gasteiger partial charge in [-0.05, 0) is 37.6 Å². The van der Waals surface area contributed by atoms with E-state index in [1.807, 2.05) is 23.1 Å². The van der Waals surface area contributed by atoms with Gasteiger partial charge in [0.05, 0.1) is 18.9 Å². The van der Waals surface area contributed by atoms with E-state index in [0.29, 0.717) is 18.8 Å². The Morgan fingerprint density at radius 3 is 2.18 bits per heavy atom. The summed E-state index contributed by atoms with van der Waals surface area (Å²) >= 11 is 0. The minimum atomic E-state index is -0.0214. The molecule has 9 heteroatoms. The minimum Gasteiger partial charge on any atom is -0.378 e. The van der Waals surface area contributed by atoms with Crippen LogP contribution in [-0.2, 0) is 4.74 Å². The number of morpholine rings is 1. The van der Waals surface area contributed by atoms with Crippen LogP contribution in [0, 0.1) is 13.8 Å². The van der Waals surface area contributed by atoms with Crippen molar-refractivity contribution in [3.63, 3.8) is 0 Å². The zero-order chi connectivity index (χ0) is 22.8. The Hall–Kier alpha value is -3.46. The van der Waals surface area contributed by atoms with Gasteiger partial charge < -0.3 is 19.4 Å². The van der Waals surface area contributed by atoms with Gasteiger partial charge in [-0.2, -0.15) is 5.10 Å². The molecule has 3 aromatic rings. The molecule has 1 amide bonds. The van der Waals surface area contributed by atoms with Crippen LogP contribution in [0.15, 0.2) is 36.4 Å². The van der Waals surface area contributed by atoms with E-state index in [1.165, 1.54) is 5.56 Å². The van der Waals surface area contributed by atoms with Gasteiger partial charge in [0.2, 0.25) is 0 Å². The summed E-state index contributed by atoms with van der Waals surface area (Å²) < 4.78 is 5.40. The fourth-order valence-corrected chi connectivity index (χ4v) is 4.43. The van der Waals surface area contributed by atoms with Crippen LogP contribution < -0.4 is 9.80 Å². The standard InChI is InChI=1S/C24H29N7O2/c1-17-3-4-19(18(2)15-17)20-16-21(26-25-20)24(32)31-9-7-29(8-10-31)22-5-6-23(28-27-22)30-11-13-33-14-12-30/h3-6,15-16H,7-14H2,1-2H3,(H,25,26). The number of hydrogen-bond donors (Lipinski definition) is 1. The highest BCUT2D eigenvalue weighted by Crippen LogP contribution is 2.24. The highest BCUT2D eigenvalue weighted by molar-refractivity contribution is 5.93. The van der Waals surface area contributed by atoms with Gasteiger partial charge >= 0.3 is 0 Å². The van der Waals surface area contributed by atoms with Crippen LogP contribution in [0.5, 0.6) is 0 Å². The Balaban J connectivity index is 1.20. The molecule has 0 spiro atoms. The van der Waals surface area contributed by atoms with Gasteiger partial charge in [0.15, 0.2) is 11.6 Å². The fraction of sp³-hybridized carbons (Fsp3) is 0.417. The normalized spacial score (nSPS) is 16.8. The lowest BCUT2D eigenvalue weighted by Gasteiger charge is -2.35. The van der Waals surface area contributed by atoms with Crippen molar-refractivity contribution in [3.8, 4) is 11.3 Å². The zero-order valence-corrected chi connectivity index (χ0v) is 19.1. The highest BCUT2D eigenvalue weighted by Gasteiger charge is 2.25. The summed E-state index contributed by atoms with van der Waals surface area (Å²) in [7, 11) is 0. The Labute approximate surface area is 193 Å². The number of benzene rings is 1.